The molecular weight excluding hydrogens is 384 g/mol. The van der Waals surface area contributed by atoms with E-state index in [-0.39, 0.29) is 0 Å². The van der Waals surface area contributed by atoms with E-state index in [9.17, 15) is 0 Å². The van der Waals surface area contributed by atoms with Crippen LogP contribution in [0.1, 0.15) is 54.0 Å². The van der Waals surface area contributed by atoms with Crippen LogP contribution in [-0.2, 0) is 6.42 Å². The zero-order valence-electron chi connectivity index (χ0n) is 18.8. The van der Waals surface area contributed by atoms with E-state index in [0.717, 1.165) is 12.8 Å². The summed E-state index contributed by atoms with van der Waals surface area (Å²) in [6.07, 6.45) is 4.71. The number of hydrogen-bond acceptors (Lipinski definition) is 0. The maximum absolute atomic E-state index is 2.51. The second kappa shape index (κ2) is 7.64. The number of rotatable bonds is 4. The SMILES string of the molecule is CCC(C)C1=Cc2c(-c3ccccc3)cccc2C1c1cccc2c1Cc1ccccc1-2. The lowest BCUT2D eigenvalue weighted by Crippen LogP contribution is -2.10. The quantitative estimate of drug-likeness (QED) is 0.277. The molecule has 0 aliphatic heterocycles. The third kappa shape index (κ3) is 2.90. The molecule has 0 fully saturated rings. The van der Waals surface area contributed by atoms with E-state index in [1.807, 2.05) is 0 Å². The zero-order chi connectivity index (χ0) is 21.7. The molecule has 0 saturated carbocycles. The van der Waals surface area contributed by atoms with Gasteiger partial charge < -0.3 is 0 Å². The molecule has 0 saturated heterocycles. The lowest BCUT2D eigenvalue weighted by molar-refractivity contribution is 0.625. The van der Waals surface area contributed by atoms with Gasteiger partial charge in [-0.15, -0.1) is 0 Å². The van der Waals surface area contributed by atoms with E-state index in [1.165, 1.54) is 50.1 Å². The number of allylic oxidation sites excluding steroid dienone is 1. The summed E-state index contributed by atoms with van der Waals surface area (Å²) in [7, 11) is 0. The molecule has 0 radical (unpaired) electrons. The van der Waals surface area contributed by atoms with E-state index >= 15 is 0 Å². The van der Waals surface area contributed by atoms with Crippen LogP contribution in [0.25, 0.3) is 28.3 Å². The van der Waals surface area contributed by atoms with Gasteiger partial charge in [-0.1, -0.05) is 116 Å². The predicted molar refractivity (Wildman–Crippen MR) is 136 cm³/mol. The smallest absolute Gasteiger partial charge is 0.0314 e. The van der Waals surface area contributed by atoms with Gasteiger partial charge in [0.2, 0.25) is 0 Å². The molecule has 0 heterocycles. The van der Waals surface area contributed by atoms with Crippen LogP contribution in [0, 0.1) is 5.92 Å². The second-order valence-electron chi connectivity index (χ2n) is 9.27. The Kier molecular flexibility index (Phi) is 4.61. The topological polar surface area (TPSA) is 0 Å². The van der Waals surface area contributed by atoms with E-state index in [1.54, 1.807) is 5.57 Å². The first-order valence-electron chi connectivity index (χ1n) is 11.9. The molecule has 0 bridgehead atoms. The number of fused-ring (bicyclic) bond motifs is 4. The Labute approximate surface area is 191 Å². The third-order valence-corrected chi connectivity index (χ3v) is 7.56. The molecule has 2 atom stereocenters. The summed E-state index contributed by atoms with van der Waals surface area (Å²) >= 11 is 0. The van der Waals surface area contributed by atoms with Crippen LogP contribution in [0.4, 0.5) is 0 Å². The zero-order valence-corrected chi connectivity index (χ0v) is 18.8. The van der Waals surface area contributed by atoms with Crippen molar-refractivity contribution in [1.82, 2.24) is 0 Å². The molecule has 0 nitrogen and oxygen atoms in total. The fraction of sp³-hybridized carbons (Fsp3) is 0.188. The number of hydrogen-bond donors (Lipinski definition) is 0. The van der Waals surface area contributed by atoms with Gasteiger partial charge in [-0.25, -0.2) is 0 Å². The Morgan fingerprint density at radius 1 is 0.719 bits per heavy atom. The minimum absolute atomic E-state index is 0.341. The molecule has 6 rings (SSSR count). The Morgan fingerprint density at radius 2 is 1.41 bits per heavy atom. The lowest BCUT2D eigenvalue weighted by Gasteiger charge is -2.24. The van der Waals surface area contributed by atoms with Crippen molar-refractivity contribution in [2.24, 2.45) is 5.92 Å². The van der Waals surface area contributed by atoms with Crippen molar-refractivity contribution in [3.63, 3.8) is 0 Å². The molecule has 0 spiro atoms. The van der Waals surface area contributed by atoms with Crippen molar-refractivity contribution in [1.29, 1.82) is 0 Å². The Balaban J connectivity index is 1.56. The average Bonchev–Trinajstić information content (AvgIpc) is 3.43. The summed E-state index contributed by atoms with van der Waals surface area (Å²) in [5, 5.41) is 0. The van der Waals surface area contributed by atoms with Gasteiger partial charge in [-0.05, 0) is 68.8 Å². The molecule has 0 amide bonds. The normalized spacial score (nSPS) is 16.8. The summed E-state index contributed by atoms with van der Waals surface area (Å²) in [6.45, 7) is 4.71. The minimum Gasteiger partial charge on any atom is -0.0648 e. The molecule has 2 aliphatic carbocycles. The van der Waals surface area contributed by atoms with Gasteiger partial charge in [0.05, 0.1) is 0 Å². The van der Waals surface area contributed by atoms with Gasteiger partial charge in [-0.2, -0.15) is 0 Å². The van der Waals surface area contributed by atoms with Gasteiger partial charge >= 0.3 is 0 Å². The Bertz CT molecular complexity index is 1340. The average molecular weight is 413 g/mol. The predicted octanol–water partition coefficient (Wildman–Crippen LogP) is 8.50. The Hall–Kier alpha value is -3.38. The molecule has 0 heteroatoms. The summed E-state index contributed by atoms with van der Waals surface area (Å²) in [4.78, 5) is 0. The summed E-state index contributed by atoms with van der Waals surface area (Å²) in [5.41, 5.74) is 14.4. The largest absolute Gasteiger partial charge is 0.0648 e. The minimum atomic E-state index is 0.341. The van der Waals surface area contributed by atoms with Crippen LogP contribution in [-0.4, -0.2) is 0 Å². The lowest BCUT2D eigenvalue weighted by atomic mass is 9.79. The van der Waals surface area contributed by atoms with Gasteiger partial charge in [0.15, 0.2) is 0 Å². The molecule has 4 aromatic carbocycles. The summed E-state index contributed by atoms with van der Waals surface area (Å²) < 4.78 is 0. The van der Waals surface area contributed by atoms with E-state index < -0.39 is 0 Å². The van der Waals surface area contributed by atoms with Crippen LogP contribution >= 0.6 is 0 Å². The van der Waals surface area contributed by atoms with E-state index in [0.29, 0.717) is 11.8 Å². The summed E-state index contributed by atoms with van der Waals surface area (Å²) in [5.74, 6) is 0.892. The number of benzene rings is 4. The molecule has 0 aromatic heterocycles. The fourth-order valence-electron chi connectivity index (χ4n) is 5.76. The van der Waals surface area contributed by atoms with E-state index in [4.69, 9.17) is 0 Å². The van der Waals surface area contributed by atoms with Gasteiger partial charge in [0, 0.05) is 5.92 Å². The monoisotopic (exact) mass is 412 g/mol. The van der Waals surface area contributed by atoms with Crippen molar-refractivity contribution in [2.75, 3.05) is 0 Å². The molecule has 156 valence electrons. The van der Waals surface area contributed by atoms with Crippen LogP contribution in [0.3, 0.4) is 0 Å². The van der Waals surface area contributed by atoms with Crippen molar-refractivity contribution in [2.45, 2.75) is 32.6 Å². The maximum Gasteiger partial charge on any atom is 0.0314 e. The highest BCUT2D eigenvalue weighted by molar-refractivity contribution is 5.85. The first kappa shape index (κ1) is 19.3. The van der Waals surface area contributed by atoms with Crippen LogP contribution < -0.4 is 0 Å². The second-order valence-corrected chi connectivity index (χ2v) is 9.27. The standard InChI is InChI=1S/C32H28/c1-3-21(2)29-20-31-24(22-11-5-4-6-12-22)15-9-17-28(31)32(29)27-18-10-16-26-25-14-8-7-13-23(25)19-30(26)27/h4-18,20-21,32H,3,19H2,1-2H3. The van der Waals surface area contributed by atoms with Crippen molar-refractivity contribution in [3.05, 3.63) is 124 Å². The van der Waals surface area contributed by atoms with Gasteiger partial charge in [0.25, 0.3) is 0 Å². The molecule has 2 unspecified atom stereocenters. The van der Waals surface area contributed by atoms with E-state index in [2.05, 4.69) is 111 Å². The summed E-state index contributed by atoms with van der Waals surface area (Å²) in [6, 6.07) is 33.6. The highest BCUT2D eigenvalue weighted by Crippen LogP contribution is 2.51. The first-order chi connectivity index (χ1) is 15.8. The Morgan fingerprint density at radius 3 is 2.22 bits per heavy atom. The van der Waals surface area contributed by atoms with Crippen LogP contribution in [0.5, 0.6) is 0 Å². The third-order valence-electron chi connectivity index (χ3n) is 7.56. The molecule has 0 N–H and O–H groups in total. The molecule has 32 heavy (non-hydrogen) atoms. The molecular formula is C32H28. The highest BCUT2D eigenvalue weighted by atomic mass is 14.4. The fourth-order valence-corrected chi connectivity index (χ4v) is 5.76. The van der Waals surface area contributed by atoms with Gasteiger partial charge in [-0.3, -0.25) is 0 Å². The van der Waals surface area contributed by atoms with Crippen LogP contribution in [0.15, 0.2) is 96.6 Å². The molecule has 4 aromatic rings. The van der Waals surface area contributed by atoms with Crippen molar-refractivity contribution >= 4 is 6.08 Å². The van der Waals surface area contributed by atoms with Crippen molar-refractivity contribution in [3.8, 4) is 22.3 Å². The first-order valence-corrected chi connectivity index (χ1v) is 11.9. The highest BCUT2D eigenvalue weighted by Gasteiger charge is 2.34. The van der Waals surface area contributed by atoms with Gasteiger partial charge in [0.1, 0.15) is 0 Å². The van der Waals surface area contributed by atoms with Crippen LogP contribution in [0.2, 0.25) is 0 Å². The maximum atomic E-state index is 2.51. The molecule has 2 aliphatic rings. The van der Waals surface area contributed by atoms with Crippen molar-refractivity contribution < 1.29 is 0 Å².